The van der Waals surface area contributed by atoms with Crippen molar-refractivity contribution in [2.45, 2.75) is 26.8 Å². The Bertz CT molecular complexity index is 533. The van der Waals surface area contributed by atoms with Crippen LogP contribution in [0.4, 0.5) is 4.39 Å². The fourth-order valence-electron chi connectivity index (χ4n) is 2.04. The molecule has 0 bridgehead atoms. The van der Waals surface area contributed by atoms with Gasteiger partial charge >= 0.3 is 0 Å². The summed E-state index contributed by atoms with van der Waals surface area (Å²) in [5.41, 5.74) is 1.82. The van der Waals surface area contributed by atoms with Crippen molar-refractivity contribution in [3.05, 3.63) is 47.5 Å². The third-order valence-corrected chi connectivity index (χ3v) is 3.02. The van der Waals surface area contributed by atoms with Gasteiger partial charge < -0.3 is 9.73 Å². The molecule has 2 aromatic rings. The van der Waals surface area contributed by atoms with Gasteiger partial charge in [0.15, 0.2) is 0 Å². The Morgan fingerprint density at radius 3 is 2.72 bits per heavy atom. The monoisotopic (exact) mass is 247 g/mol. The van der Waals surface area contributed by atoms with Crippen LogP contribution in [0.3, 0.4) is 0 Å². The first-order valence-corrected chi connectivity index (χ1v) is 6.21. The first kappa shape index (κ1) is 12.8. The molecule has 0 saturated carbocycles. The van der Waals surface area contributed by atoms with E-state index >= 15 is 0 Å². The highest BCUT2D eigenvalue weighted by Gasteiger charge is 2.12. The van der Waals surface area contributed by atoms with E-state index in [9.17, 15) is 4.39 Å². The maximum Gasteiger partial charge on any atom is 0.134 e. The number of hydrogen-bond acceptors (Lipinski definition) is 2. The zero-order valence-corrected chi connectivity index (χ0v) is 11.0. The molecule has 1 N–H and O–H groups in total. The molecule has 0 saturated heterocycles. The van der Waals surface area contributed by atoms with Crippen LogP contribution in [-0.2, 0) is 0 Å². The van der Waals surface area contributed by atoms with Crippen molar-refractivity contribution in [1.82, 2.24) is 5.32 Å². The third kappa shape index (κ3) is 2.62. The molecule has 0 radical (unpaired) electrons. The Labute approximate surface area is 107 Å². The normalized spacial score (nSPS) is 12.7. The Morgan fingerprint density at radius 1 is 1.28 bits per heavy atom. The summed E-state index contributed by atoms with van der Waals surface area (Å²) >= 11 is 0. The van der Waals surface area contributed by atoms with E-state index in [1.165, 1.54) is 12.1 Å². The van der Waals surface area contributed by atoms with Crippen LogP contribution in [0.1, 0.15) is 31.2 Å². The topological polar surface area (TPSA) is 25.2 Å². The highest BCUT2D eigenvalue weighted by Crippen LogP contribution is 2.28. The average molecular weight is 247 g/mol. The number of rotatable bonds is 4. The van der Waals surface area contributed by atoms with Gasteiger partial charge in [0.1, 0.15) is 17.3 Å². The number of aryl methyl sites for hydroxylation is 1. The molecule has 1 aromatic carbocycles. The smallest absolute Gasteiger partial charge is 0.134 e. The van der Waals surface area contributed by atoms with Gasteiger partial charge in [0.05, 0.1) is 6.04 Å². The molecule has 0 amide bonds. The minimum Gasteiger partial charge on any atom is -0.459 e. The molecule has 0 aliphatic carbocycles. The number of halogens is 1. The van der Waals surface area contributed by atoms with Gasteiger partial charge in [-0.05, 0) is 56.3 Å². The second kappa shape index (κ2) is 5.36. The van der Waals surface area contributed by atoms with Crippen molar-refractivity contribution in [1.29, 1.82) is 0 Å². The Morgan fingerprint density at radius 2 is 2.06 bits per heavy atom. The van der Waals surface area contributed by atoms with Crippen LogP contribution in [0.5, 0.6) is 0 Å². The summed E-state index contributed by atoms with van der Waals surface area (Å²) in [6, 6.07) is 8.81. The Kier molecular flexibility index (Phi) is 3.82. The average Bonchev–Trinajstić information content (AvgIpc) is 2.78. The standard InChI is InChI=1S/C15H18FNO/c1-4-17-11(3)14-7-8-15(18-14)13-6-5-12(16)9-10(13)2/h5-9,11,17H,4H2,1-3H3. The molecule has 3 heteroatoms. The van der Waals surface area contributed by atoms with Gasteiger partial charge in [0, 0.05) is 5.56 Å². The zero-order valence-electron chi connectivity index (χ0n) is 11.0. The quantitative estimate of drug-likeness (QED) is 0.881. The van der Waals surface area contributed by atoms with Gasteiger partial charge in [-0.1, -0.05) is 6.92 Å². The Balaban J connectivity index is 2.29. The molecular formula is C15H18FNO. The summed E-state index contributed by atoms with van der Waals surface area (Å²) in [7, 11) is 0. The highest BCUT2D eigenvalue weighted by atomic mass is 19.1. The van der Waals surface area contributed by atoms with Gasteiger partial charge in [-0.25, -0.2) is 4.39 Å². The van der Waals surface area contributed by atoms with Gasteiger partial charge in [0.2, 0.25) is 0 Å². The van der Waals surface area contributed by atoms with Crippen LogP contribution in [0, 0.1) is 12.7 Å². The zero-order chi connectivity index (χ0) is 13.1. The van der Waals surface area contributed by atoms with Gasteiger partial charge in [-0.2, -0.15) is 0 Å². The van der Waals surface area contributed by atoms with E-state index < -0.39 is 0 Å². The van der Waals surface area contributed by atoms with Crippen LogP contribution < -0.4 is 5.32 Å². The fourth-order valence-corrected chi connectivity index (χ4v) is 2.04. The Hall–Kier alpha value is -1.61. The van der Waals surface area contributed by atoms with Gasteiger partial charge in [-0.15, -0.1) is 0 Å². The lowest BCUT2D eigenvalue weighted by atomic mass is 10.1. The molecule has 0 spiro atoms. The van der Waals surface area contributed by atoms with Crippen LogP contribution in [0.2, 0.25) is 0 Å². The second-order valence-electron chi connectivity index (χ2n) is 4.44. The van der Waals surface area contributed by atoms with Crippen LogP contribution in [-0.4, -0.2) is 6.54 Å². The highest BCUT2D eigenvalue weighted by molar-refractivity contribution is 5.62. The SMILES string of the molecule is CCNC(C)c1ccc(-c2ccc(F)cc2C)o1. The summed E-state index contributed by atoms with van der Waals surface area (Å²) in [4.78, 5) is 0. The number of hydrogen-bond donors (Lipinski definition) is 1. The van der Waals surface area contributed by atoms with E-state index in [1.54, 1.807) is 6.07 Å². The summed E-state index contributed by atoms with van der Waals surface area (Å²) in [6.45, 7) is 6.90. The summed E-state index contributed by atoms with van der Waals surface area (Å²) in [6.07, 6.45) is 0. The summed E-state index contributed by atoms with van der Waals surface area (Å²) < 4.78 is 18.9. The molecule has 1 unspecified atom stereocenters. The van der Waals surface area contributed by atoms with E-state index in [1.807, 2.05) is 19.1 Å². The predicted octanol–water partition coefficient (Wildman–Crippen LogP) is 4.06. The van der Waals surface area contributed by atoms with E-state index in [4.69, 9.17) is 4.42 Å². The summed E-state index contributed by atoms with van der Waals surface area (Å²) in [5, 5.41) is 3.30. The third-order valence-electron chi connectivity index (χ3n) is 3.02. The van der Waals surface area contributed by atoms with Crippen LogP contribution in [0.25, 0.3) is 11.3 Å². The minimum absolute atomic E-state index is 0.185. The largest absolute Gasteiger partial charge is 0.459 e. The first-order chi connectivity index (χ1) is 8.61. The number of furan rings is 1. The predicted molar refractivity (Wildman–Crippen MR) is 70.9 cm³/mol. The molecular weight excluding hydrogens is 229 g/mol. The number of nitrogens with one attached hydrogen (secondary N) is 1. The second-order valence-corrected chi connectivity index (χ2v) is 4.44. The van der Waals surface area contributed by atoms with Gasteiger partial charge in [0.25, 0.3) is 0 Å². The van der Waals surface area contributed by atoms with E-state index in [-0.39, 0.29) is 11.9 Å². The van der Waals surface area contributed by atoms with Crippen molar-refractivity contribution >= 4 is 0 Å². The molecule has 2 rings (SSSR count). The molecule has 96 valence electrons. The molecule has 1 aromatic heterocycles. The van der Waals surface area contributed by atoms with E-state index in [2.05, 4.69) is 19.2 Å². The fraction of sp³-hybridized carbons (Fsp3) is 0.333. The molecule has 18 heavy (non-hydrogen) atoms. The van der Waals surface area contributed by atoms with Crippen LogP contribution >= 0.6 is 0 Å². The lowest BCUT2D eigenvalue weighted by molar-refractivity contribution is 0.445. The van der Waals surface area contributed by atoms with Crippen molar-refractivity contribution in [3.63, 3.8) is 0 Å². The van der Waals surface area contributed by atoms with Crippen molar-refractivity contribution in [2.75, 3.05) is 6.54 Å². The molecule has 2 nitrogen and oxygen atoms in total. The first-order valence-electron chi connectivity index (χ1n) is 6.21. The lowest BCUT2D eigenvalue weighted by Crippen LogP contribution is -2.16. The van der Waals surface area contributed by atoms with E-state index in [0.717, 1.165) is 29.2 Å². The van der Waals surface area contributed by atoms with Gasteiger partial charge in [-0.3, -0.25) is 0 Å². The lowest BCUT2D eigenvalue weighted by Gasteiger charge is -2.09. The maximum absolute atomic E-state index is 13.1. The van der Waals surface area contributed by atoms with Crippen molar-refractivity contribution < 1.29 is 8.81 Å². The van der Waals surface area contributed by atoms with E-state index in [0.29, 0.717) is 0 Å². The van der Waals surface area contributed by atoms with Crippen molar-refractivity contribution in [3.8, 4) is 11.3 Å². The minimum atomic E-state index is -0.218. The molecule has 1 heterocycles. The molecule has 0 aliphatic heterocycles. The van der Waals surface area contributed by atoms with Crippen molar-refractivity contribution in [2.24, 2.45) is 0 Å². The molecule has 0 fully saturated rings. The summed E-state index contributed by atoms with van der Waals surface area (Å²) in [5.74, 6) is 1.46. The van der Waals surface area contributed by atoms with Crippen LogP contribution in [0.15, 0.2) is 34.7 Å². The maximum atomic E-state index is 13.1. The number of benzene rings is 1. The molecule has 1 atom stereocenters. The molecule has 0 aliphatic rings.